The fraction of sp³-hybridized carbons (Fsp3) is 0.421. The maximum Gasteiger partial charge on any atom is 0.254 e. The molecule has 0 spiro atoms. The van der Waals surface area contributed by atoms with Gasteiger partial charge in [0.15, 0.2) is 0 Å². The van der Waals surface area contributed by atoms with Gasteiger partial charge in [0.25, 0.3) is 5.91 Å². The Morgan fingerprint density at radius 2 is 2.08 bits per heavy atom. The minimum Gasteiger partial charge on any atom is -0.488 e. The van der Waals surface area contributed by atoms with Crippen molar-refractivity contribution in [2.45, 2.75) is 38.0 Å². The van der Waals surface area contributed by atoms with Crippen LogP contribution in [0.5, 0.6) is 5.75 Å². The molecule has 2 fully saturated rings. The van der Waals surface area contributed by atoms with Gasteiger partial charge in [-0.05, 0) is 48.9 Å². The molecule has 25 heavy (non-hydrogen) atoms. The highest BCUT2D eigenvalue weighted by atomic mass is 35.5. The number of carbonyl (C=O) groups excluding carboxylic acids is 1. The number of thiophene rings is 1. The Bertz CT molecular complexity index is 707. The van der Waals surface area contributed by atoms with Crippen LogP contribution in [0.15, 0.2) is 41.8 Å². The maximum atomic E-state index is 12.9. The Hall–Kier alpha value is -1.56. The number of fused-ring (bicyclic) bond motifs is 2. The quantitative estimate of drug-likeness (QED) is 0.881. The molecule has 2 aliphatic rings. The van der Waals surface area contributed by atoms with E-state index in [4.69, 9.17) is 4.74 Å². The lowest BCUT2D eigenvalue weighted by atomic mass is 10.1. The fourth-order valence-corrected chi connectivity index (χ4v) is 4.19. The first-order chi connectivity index (χ1) is 11.8. The zero-order valence-electron chi connectivity index (χ0n) is 14.0. The first kappa shape index (κ1) is 18.2. The van der Waals surface area contributed by atoms with E-state index in [0.717, 1.165) is 30.8 Å². The second-order valence-corrected chi connectivity index (χ2v) is 7.61. The van der Waals surface area contributed by atoms with E-state index in [2.05, 4.69) is 11.4 Å². The largest absolute Gasteiger partial charge is 0.488 e. The van der Waals surface area contributed by atoms with Crippen LogP contribution in [-0.2, 0) is 6.61 Å². The summed E-state index contributed by atoms with van der Waals surface area (Å²) in [6.45, 7) is 2.20. The Labute approximate surface area is 158 Å². The van der Waals surface area contributed by atoms with Crippen molar-refractivity contribution < 1.29 is 9.53 Å². The number of amides is 1. The van der Waals surface area contributed by atoms with Gasteiger partial charge in [0.05, 0.1) is 0 Å². The molecule has 134 valence electrons. The highest BCUT2D eigenvalue weighted by Crippen LogP contribution is 2.23. The summed E-state index contributed by atoms with van der Waals surface area (Å²) in [6, 6.07) is 12.7. The molecule has 1 aromatic heterocycles. The molecular formula is C19H23ClN2O2S. The van der Waals surface area contributed by atoms with Crippen LogP contribution in [0.2, 0.25) is 0 Å². The summed E-state index contributed by atoms with van der Waals surface area (Å²) in [7, 11) is 0. The summed E-state index contributed by atoms with van der Waals surface area (Å²) in [6.07, 6.45) is 3.48. The Morgan fingerprint density at radius 3 is 2.92 bits per heavy atom. The van der Waals surface area contributed by atoms with Gasteiger partial charge in [-0.2, -0.15) is 0 Å². The SMILES string of the molecule is Cl.O=C(c1cccc(OCc2cccs2)c1)N1CCC2CCC(C1)N2. The normalized spacial score (nSPS) is 22.2. The minimum absolute atomic E-state index is 0. The number of likely N-dealkylation sites (tertiary alicyclic amines) is 1. The Kier molecular flexibility index (Phi) is 5.99. The summed E-state index contributed by atoms with van der Waals surface area (Å²) in [5.74, 6) is 0.870. The molecular weight excluding hydrogens is 356 g/mol. The van der Waals surface area contributed by atoms with Crippen LogP contribution in [0.4, 0.5) is 0 Å². The number of ether oxygens (including phenoxy) is 1. The number of nitrogens with zero attached hydrogens (tertiary/aromatic N) is 1. The van der Waals surface area contributed by atoms with Gasteiger partial charge in [0.2, 0.25) is 0 Å². The van der Waals surface area contributed by atoms with E-state index < -0.39 is 0 Å². The Balaban J connectivity index is 0.00000182. The molecule has 2 atom stereocenters. The van der Waals surface area contributed by atoms with Crippen molar-refractivity contribution in [2.75, 3.05) is 13.1 Å². The van der Waals surface area contributed by atoms with Crippen molar-refractivity contribution >= 4 is 29.7 Å². The van der Waals surface area contributed by atoms with Crippen LogP contribution in [-0.4, -0.2) is 36.0 Å². The van der Waals surface area contributed by atoms with Gasteiger partial charge < -0.3 is 15.0 Å². The fourth-order valence-electron chi connectivity index (χ4n) is 3.58. The van der Waals surface area contributed by atoms with Crippen LogP contribution >= 0.6 is 23.7 Å². The van der Waals surface area contributed by atoms with Crippen molar-refractivity contribution in [1.82, 2.24) is 10.2 Å². The molecule has 3 heterocycles. The molecule has 4 rings (SSSR count). The smallest absolute Gasteiger partial charge is 0.254 e. The van der Waals surface area contributed by atoms with Gasteiger partial charge >= 0.3 is 0 Å². The van der Waals surface area contributed by atoms with Crippen molar-refractivity contribution in [3.63, 3.8) is 0 Å². The molecule has 2 unspecified atom stereocenters. The minimum atomic E-state index is 0. The Morgan fingerprint density at radius 1 is 1.20 bits per heavy atom. The number of hydrogen-bond acceptors (Lipinski definition) is 4. The molecule has 6 heteroatoms. The van der Waals surface area contributed by atoms with Gasteiger partial charge in [-0.15, -0.1) is 23.7 Å². The number of hydrogen-bond donors (Lipinski definition) is 1. The molecule has 4 nitrogen and oxygen atoms in total. The number of carbonyl (C=O) groups is 1. The predicted octanol–water partition coefficient (Wildman–Crippen LogP) is 3.72. The van der Waals surface area contributed by atoms with E-state index >= 15 is 0 Å². The van der Waals surface area contributed by atoms with E-state index in [-0.39, 0.29) is 18.3 Å². The van der Waals surface area contributed by atoms with Crippen LogP contribution in [0, 0.1) is 0 Å². The van der Waals surface area contributed by atoms with Gasteiger partial charge in [0, 0.05) is 35.6 Å². The third kappa shape index (κ3) is 4.35. The third-order valence-electron chi connectivity index (χ3n) is 4.85. The lowest BCUT2D eigenvalue weighted by molar-refractivity contribution is 0.0747. The number of nitrogens with one attached hydrogen (secondary N) is 1. The van der Waals surface area contributed by atoms with Crippen LogP contribution < -0.4 is 10.1 Å². The monoisotopic (exact) mass is 378 g/mol. The summed E-state index contributed by atoms with van der Waals surface area (Å²) >= 11 is 1.68. The van der Waals surface area contributed by atoms with E-state index in [0.29, 0.717) is 18.7 Å². The average molecular weight is 379 g/mol. The topological polar surface area (TPSA) is 41.6 Å². The third-order valence-corrected chi connectivity index (χ3v) is 5.70. The molecule has 1 aromatic carbocycles. The maximum absolute atomic E-state index is 12.9. The van der Waals surface area contributed by atoms with E-state index in [1.54, 1.807) is 11.3 Å². The summed E-state index contributed by atoms with van der Waals surface area (Å²) in [5.41, 5.74) is 0.719. The number of halogens is 1. The van der Waals surface area contributed by atoms with Gasteiger partial charge in [0.1, 0.15) is 12.4 Å². The molecule has 1 N–H and O–H groups in total. The van der Waals surface area contributed by atoms with E-state index in [1.807, 2.05) is 40.6 Å². The molecule has 0 radical (unpaired) electrons. The van der Waals surface area contributed by atoms with Crippen molar-refractivity contribution in [3.05, 3.63) is 52.2 Å². The van der Waals surface area contributed by atoms with Crippen LogP contribution in [0.3, 0.4) is 0 Å². The van der Waals surface area contributed by atoms with Crippen LogP contribution in [0.1, 0.15) is 34.5 Å². The van der Waals surface area contributed by atoms with Gasteiger partial charge in [-0.3, -0.25) is 4.79 Å². The molecule has 0 saturated carbocycles. The van der Waals surface area contributed by atoms with Crippen molar-refractivity contribution in [3.8, 4) is 5.75 Å². The van der Waals surface area contributed by atoms with Gasteiger partial charge in [-0.25, -0.2) is 0 Å². The molecule has 0 aliphatic carbocycles. The lowest BCUT2D eigenvalue weighted by Crippen LogP contribution is -2.39. The first-order valence-corrected chi connectivity index (χ1v) is 9.46. The average Bonchev–Trinajstić information content (AvgIpc) is 3.22. The predicted molar refractivity (Wildman–Crippen MR) is 103 cm³/mol. The molecule has 2 saturated heterocycles. The van der Waals surface area contributed by atoms with E-state index in [9.17, 15) is 4.79 Å². The highest BCUT2D eigenvalue weighted by Gasteiger charge is 2.31. The first-order valence-electron chi connectivity index (χ1n) is 8.58. The second-order valence-electron chi connectivity index (χ2n) is 6.57. The van der Waals surface area contributed by atoms with Crippen LogP contribution in [0.25, 0.3) is 0 Å². The summed E-state index contributed by atoms with van der Waals surface area (Å²) in [4.78, 5) is 16.0. The highest BCUT2D eigenvalue weighted by molar-refractivity contribution is 7.09. The summed E-state index contributed by atoms with van der Waals surface area (Å²) < 4.78 is 5.83. The zero-order chi connectivity index (χ0) is 16.4. The zero-order valence-corrected chi connectivity index (χ0v) is 15.7. The second kappa shape index (κ2) is 8.21. The van der Waals surface area contributed by atoms with E-state index in [1.165, 1.54) is 17.7 Å². The molecule has 2 aliphatic heterocycles. The number of rotatable bonds is 4. The lowest BCUT2D eigenvalue weighted by Gasteiger charge is -2.24. The molecule has 2 bridgehead atoms. The van der Waals surface area contributed by atoms with Gasteiger partial charge in [-0.1, -0.05) is 12.1 Å². The molecule has 2 aromatic rings. The summed E-state index contributed by atoms with van der Waals surface area (Å²) in [5, 5.41) is 5.66. The van der Waals surface area contributed by atoms with Crippen molar-refractivity contribution in [1.29, 1.82) is 0 Å². The number of benzene rings is 1. The standard InChI is InChI=1S/C19H22N2O2S.ClH/c22-19(21-9-8-15-6-7-16(12-21)20-15)14-3-1-4-17(11-14)23-13-18-5-2-10-24-18;/h1-5,10-11,15-16,20H,6-9,12-13H2;1H. The van der Waals surface area contributed by atoms with Crippen molar-refractivity contribution in [2.24, 2.45) is 0 Å². The molecule has 1 amide bonds.